The fraction of sp³-hybridized carbons (Fsp3) is 0.395. The Labute approximate surface area is 317 Å². The molecule has 0 atom stereocenters. The minimum Gasteiger partial charge on any atom is -0.336 e. The van der Waals surface area contributed by atoms with Gasteiger partial charge in [-0.15, -0.1) is 24.8 Å². The minimum atomic E-state index is 0. The number of halogens is 2. The van der Waals surface area contributed by atoms with E-state index in [-0.39, 0.29) is 36.6 Å². The van der Waals surface area contributed by atoms with E-state index < -0.39 is 0 Å². The highest BCUT2D eigenvalue weighted by Crippen LogP contribution is 2.27. The average molecular weight is 730 g/mol. The molecule has 2 aliphatic heterocycles. The molecule has 2 amide bonds. The summed E-state index contributed by atoms with van der Waals surface area (Å²) >= 11 is 0. The number of piperazine rings is 2. The Morgan fingerprint density at radius 2 is 0.745 bits per heavy atom. The van der Waals surface area contributed by atoms with Crippen LogP contribution in [0.3, 0.4) is 0 Å². The van der Waals surface area contributed by atoms with E-state index in [2.05, 4.69) is 99.9 Å². The van der Waals surface area contributed by atoms with Gasteiger partial charge in [0.05, 0.1) is 0 Å². The first-order chi connectivity index (χ1) is 23.6. The number of nitrogens with zero attached hydrogens (tertiary/aromatic N) is 4. The second kappa shape index (κ2) is 17.7. The molecule has 0 bridgehead atoms. The fourth-order valence-corrected chi connectivity index (χ4v) is 7.25. The quantitative estimate of drug-likeness (QED) is 0.183. The predicted molar refractivity (Wildman–Crippen MR) is 216 cm³/mol. The Kier molecular flexibility index (Phi) is 13.9. The van der Waals surface area contributed by atoms with E-state index >= 15 is 0 Å². The highest BCUT2D eigenvalue weighted by atomic mass is 35.5. The minimum absolute atomic E-state index is 0. The van der Waals surface area contributed by atoms with E-state index in [0.29, 0.717) is 0 Å². The summed E-state index contributed by atoms with van der Waals surface area (Å²) in [5.41, 5.74) is 14.1. The van der Waals surface area contributed by atoms with Gasteiger partial charge in [0.25, 0.3) is 11.8 Å². The van der Waals surface area contributed by atoms with Crippen LogP contribution >= 0.6 is 24.8 Å². The van der Waals surface area contributed by atoms with Crippen LogP contribution in [0.1, 0.15) is 60.5 Å². The molecule has 4 aromatic rings. The van der Waals surface area contributed by atoms with Gasteiger partial charge in [0.15, 0.2) is 0 Å². The molecule has 2 heterocycles. The largest absolute Gasteiger partial charge is 0.336 e. The normalized spacial score (nSPS) is 15.3. The molecule has 0 saturated carbocycles. The molecule has 2 saturated heterocycles. The predicted octanol–water partition coefficient (Wildman–Crippen LogP) is 8.32. The molecule has 0 radical (unpaired) electrons. The molecule has 0 aliphatic carbocycles. The van der Waals surface area contributed by atoms with Crippen molar-refractivity contribution < 1.29 is 9.59 Å². The Bertz CT molecular complexity index is 1630. The zero-order chi connectivity index (χ0) is 34.7. The van der Waals surface area contributed by atoms with Crippen molar-refractivity contribution in [2.75, 3.05) is 65.4 Å². The summed E-state index contributed by atoms with van der Waals surface area (Å²) in [6.07, 6.45) is 1.10. The van der Waals surface area contributed by atoms with Gasteiger partial charge in [-0.2, -0.15) is 0 Å². The SMILES string of the molecule is Cc1cc(-c2ccc(C(=O)N3CCN(CCCN4CCN(C(=O)c5ccc(-c6cc(C)c(C)c(C)c6)cc5)CC4)CC3)cc2)cc(C)c1C.Cl.Cl. The first-order valence-electron chi connectivity index (χ1n) is 18.0. The van der Waals surface area contributed by atoms with Crippen molar-refractivity contribution in [1.82, 2.24) is 19.6 Å². The van der Waals surface area contributed by atoms with E-state index in [9.17, 15) is 9.59 Å². The zero-order valence-corrected chi connectivity index (χ0v) is 32.8. The van der Waals surface area contributed by atoms with Crippen molar-refractivity contribution in [3.05, 3.63) is 117 Å². The Morgan fingerprint density at radius 1 is 0.451 bits per heavy atom. The number of aryl methyl sites for hydroxylation is 4. The van der Waals surface area contributed by atoms with Gasteiger partial charge in [0, 0.05) is 63.5 Å². The van der Waals surface area contributed by atoms with Crippen LogP contribution in [-0.2, 0) is 0 Å². The molecular formula is C43H54Cl2N4O2. The maximum Gasteiger partial charge on any atom is 0.253 e. The van der Waals surface area contributed by atoms with E-state index in [1.807, 2.05) is 34.1 Å². The summed E-state index contributed by atoms with van der Waals surface area (Å²) < 4.78 is 0. The second-order valence-electron chi connectivity index (χ2n) is 14.2. The lowest BCUT2D eigenvalue weighted by atomic mass is 9.96. The maximum atomic E-state index is 13.3. The van der Waals surface area contributed by atoms with Crippen molar-refractivity contribution in [2.24, 2.45) is 0 Å². The Morgan fingerprint density at radius 3 is 1.04 bits per heavy atom. The molecule has 272 valence electrons. The van der Waals surface area contributed by atoms with E-state index in [0.717, 1.165) is 94.1 Å². The van der Waals surface area contributed by atoms with Crippen LogP contribution in [0.15, 0.2) is 72.8 Å². The van der Waals surface area contributed by atoms with Crippen LogP contribution in [0.25, 0.3) is 22.3 Å². The molecule has 0 aromatic heterocycles. The number of carbonyl (C=O) groups is 2. The molecule has 0 N–H and O–H groups in total. The van der Waals surface area contributed by atoms with Gasteiger partial charge < -0.3 is 9.80 Å². The molecule has 8 heteroatoms. The van der Waals surface area contributed by atoms with Gasteiger partial charge in [0.1, 0.15) is 0 Å². The highest BCUT2D eigenvalue weighted by molar-refractivity contribution is 5.95. The standard InChI is InChI=1S/C43H52N4O2.2ClH/c1-30-26-40(27-31(2)34(30)5)36-8-12-38(13-9-36)42(48)46-22-18-44(19-23-46)16-7-17-45-20-24-47(25-21-45)43(49)39-14-10-37(11-15-39)41-28-32(3)35(6)33(4)29-41;;/h8-15,26-29H,7,16-25H2,1-6H3;2*1H. The average Bonchev–Trinajstić information content (AvgIpc) is 3.12. The van der Waals surface area contributed by atoms with Gasteiger partial charge in [-0.05, 0) is 141 Å². The number of rotatable bonds is 8. The molecule has 6 rings (SSSR count). The molecule has 51 heavy (non-hydrogen) atoms. The smallest absolute Gasteiger partial charge is 0.253 e. The lowest BCUT2D eigenvalue weighted by molar-refractivity contribution is 0.0606. The molecular weight excluding hydrogens is 675 g/mol. The van der Waals surface area contributed by atoms with E-state index in [1.165, 1.54) is 44.5 Å². The maximum absolute atomic E-state index is 13.3. The van der Waals surface area contributed by atoms with E-state index in [4.69, 9.17) is 0 Å². The molecule has 0 unspecified atom stereocenters. The number of benzene rings is 4. The van der Waals surface area contributed by atoms with Crippen LogP contribution in [0.2, 0.25) is 0 Å². The van der Waals surface area contributed by atoms with Crippen molar-refractivity contribution in [3.8, 4) is 22.3 Å². The summed E-state index contributed by atoms with van der Waals surface area (Å²) in [7, 11) is 0. The van der Waals surface area contributed by atoms with Crippen molar-refractivity contribution in [3.63, 3.8) is 0 Å². The molecule has 0 spiro atoms. The second-order valence-corrected chi connectivity index (χ2v) is 14.2. The molecule has 6 nitrogen and oxygen atoms in total. The Hall–Kier alpha value is -3.68. The van der Waals surface area contributed by atoms with Crippen LogP contribution < -0.4 is 0 Å². The summed E-state index contributed by atoms with van der Waals surface area (Å²) in [6.45, 7) is 21.7. The lowest BCUT2D eigenvalue weighted by Gasteiger charge is -2.37. The third kappa shape index (κ3) is 9.41. The fourth-order valence-electron chi connectivity index (χ4n) is 7.25. The van der Waals surface area contributed by atoms with Crippen molar-refractivity contribution in [1.29, 1.82) is 0 Å². The molecule has 2 aliphatic rings. The van der Waals surface area contributed by atoms with Crippen LogP contribution in [0.5, 0.6) is 0 Å². The summed E-state index contributed by atoms with van der Waals surface area (Å²) in [4.78, 5) is 35.5. The summed E-state index contributed by atoms with van der Waals surface area (Å²) in [5.74, 6) is 0.254. The van der Waals surface area contributed by atoms with Gasteiger partial charge in [0.2, 0.25) is 0 Å². The Balaban J connectivity index is 0.00000292. The first kappa shape index (κ1) is 40.1. The lowest BCUT2D eigenvalue weighted by Crippen LogP contribution is -2.50. The van der Waals surface area contributed by atoms with E-state index in [1.54, 1.807) is 0 Å². The third-order valence-corrected chi connectivity index (χ3v) is 11.1. The molecule has 2 fully saturated rings. The zero-order valence-electron chi connectivity index (χ0n) is 31.1. The third-order valence-electron chi connectivity index (χ3n) is 11.1. The topological polar surface area (TPSA) is 47.1 Å². The number of hydrogen-bond acceptors (Lipinski definition) is 4. The number of carbonyl (C=O) groups excluding carboxylic acids is 2. The van der Waals surface area contributed by atoms with Crippen LogP contribution in [0.4, 0.5) is 0 Å². The summed E-state index contributed by atoms with van der Waals surface area (Å²) in [5, 5.41) is 0. The van der Waals surface area contributed by atoms with Crippen LogP contribution in [0, 0.1) is 41.5 Å². The van der Waals surface area contributed by atoms with Gasteiger partial charge in [-0.1, -0.05) is 48.5 Å². The molecule has 4 aromatic carbocycles. The summed E-state index contributed by atoms with van der Waals surface area (Å²) in [6, 6.07) is 25.1. The van der Waals surface area contributed by atoms with Crippen molar-refractivity contribution in [2.45, 2.75) is 48.0 Å². The highest BCUT2D eigenvalue weighted by Gasteiger charge is 2.24. The van der Waals surface area contributed by atoms with Gasteiger partial charge >= 0.3 is 0 Å². The van der Waals surface area contributed by atoms with Crippen LogP contribution in [-0.4, -0.2) is 96.9 Å². The van der Waals surface area contributed by atoms with Gasteiger partial charge in [-0.3, -0.25) is 19.4 Å². The number of hydrogen-bond donors (Lipinski definition) is 0. The first-order valence-corrected chi connectivity index (χ1v) is 18.0. The van der Waals surface area contributed by atoms with Crippen molar-refractivity contribution >= 4 is 36.6 Å². The monoisotopic (exact) mass is 728 g/mol. The number of amides is 2. The van der Waals surface area contributed by atoms with Gasteiger partial charge in [-0.25, -0.2) is 0 Å².